The van der Waals surface area contributed by atoms with Crippen LogP contribution in [0.2, 0.25) is 0 Å². The first kappa shape index (κ1) is 14.6. The first-order chi connectivity index (χ1) is 10.6. The Balaban J connectivity index is 1.60. The van der Waals surface area contributed by atoms with E-state index >= 15 is 0 Å². The normalized spacial score (nSPS) is 16.7. The highest BCUT2D eigenvalue weighted by atomic mass is 16.4. The molecule has 1 aromatic carbocycles. The third-order valence-electron chi connectivity index (χ3n) is 4.50. The number of aliphatic carboxylic acids is 1. The summed E-state index contributed by atoms with van der Waals surface area (Å²) in [7, 11) is 0. The molecular weight excluding hydrogens is 280 g/mol. The number of rotatable bonds is 5. The number of aromatic nitrogens is 1. The highest BCUT2D eigenvalue weighted by molar-refractivity contribution is 5.87. The summed E-state index contributed by atoms with van der Waals surface area (Å²) in [6, 6.07) is 8.05. The number of carboxylic acids is 1. The van der Waals surface area contributed by atoms with Crippen LogP contribution in [0.1, 0.15) is 37.7 Å². The maximum Gasteiger partial charge on any atom is 0.329 e. The number of carbonyl (C=O) groups is 2. The average Bonchev–Trinajstić information content (AvgIpc) is 3.14. The van der Waals surface area contributed by atoms with Gasteiger partial charge in [0.2, 0.25) is 5.91 Å². The van der Waals surface area contributed by atoms with Crippen molar-refractivity contribution in [1.29, 1.82) is 0 Å². The van der Waals surface area contributed by atoms with Gasteiger partial charge in [0.1, 0.15) is 5.54 Å². The van der Waals surface area contributed by atoms with Gasteiger partial charge in [0.15, 0.2) is 0 Å². The Morgan fingerprint density at radius 3 is 2.73 bits per heavy atom. The Hall–Kier alpha value is -2.30. The Morgan fingerprint density at radius 2 is 2.00 bits per heavy atom. The minimum atomic E-state index is -1.04. The van der Waals surface area contributed by atoms with Crippen molar-refractivity contribution >= 4 is 22.8 Å². The molecule has 1 fully saturated rings. The maximum atomic E-state index is 12.1. The SMILES string of the molecule is O=C(CCc1ccc2[nH]ccc2c1)NC1(C(=O)O)CCCC1. The quantitative estimate of drug-likeness (QED) is 0.794. The van der Waals surface area contributed by atoms with Crippen molar-refractivity contribution in [3.05, 3.63) is 36.0 Å². The van der Waals surface area contributed by atoms with E-state index in [9.17, 15) is 14.7 Å². The third-order valence-corrected chi connectivity index (χ3v) is 4.50. The number of fused-ring (bicyclic) bond motifs is 1. The molecule has 5 heteroatoms. The van der Waals surface area contributed by atoms with Crippen molar-refractivity contribution in [2.24, 2.45) is 0 Å². The van der Waals surface area contributed by atoms with Crippen LogP contribution in [0.25, 0.3) is 10.9 Å². The van der Waals surface area contributed by atoms with Gasteiger partial charge in [-0.3, -0.25) is 4.79 Å². The summed E-state index contributed by atoms with van der Waals surface area (Å²) >= 11 is 0. The van der Waals surface area contributed by atoms with Crippen molar-refractivity contribution < 1.29 is 14.7 Å². The van der Waals surface area contributed by atoms with Gasteiger partial charge in [-0.1, -0.05) is 18.9 Å². The van der Waals surface area contributed by atoms with Crippen LogP contribution in [0.15, 0.2) is 30.5 Å². The van der Waals surface area contributed by atoms with E-state index in [1.807, 2.05) is 24.4 Å². The van der Waals surface area contributed by atoms with Crippen molar-refractivity contribution in [1.82, 2.24) is 10.3 Å². The third kappa shape index (κ3) is 2.84. The molecule has 0 radical (unpaired) electrons. The number of H-pyrrole nitrogens is 1. The number of aromatic amines is 1. The predicted molar refractivity (Wildman–Crippen MR) is 83.6 cm³/mol. The molecule has 3 rings (SSSR count). The summed E-state index contributed by atoms with van der Waals surface area (Å²) in [6.45, 7) is 0. The van der Waals surface area contributed by atoms with Gasteiger partial charge < -0.3 is 15.4 Å². The van der Waals surface area contributed by atoms with Crippen LogP contribution in [-0.4, -0.2) is 27.5 Å². The molecule has 3 N–H and O–H groups in total. The number of hydrogen-bond donors (Lipinski definition) is 3. The van der Waals surface area contributed by atoms with E-state index in [-0.39, 0.29) is 5.91 Å². The van der Waals surface area contributed by atoms with Crippen LogP contribution in [-0.2, 0) is 16.0 Å². The van der Waals surface area contributed by atoms with Crippen molar-refractivity contribution in [2.45, 2.75) is 44.1 Å². The van der Waals surface area contributed by atoms with Crippen LogP contribution >= 0.6 is 0 Å². The van der Waals surface area contributed by atoms with Crippen LogP contribution < -0.4 is 5.32 Å². The summed E-state index contributed by atoms with van der Waals surface area (Å²) < 4.78 is 0. The summed E-state index contributed by atoms with van der Waals surface area (Å²) in [5.74, 6) is -1.09. The topological polar surface area (TPSA) is 82.2 Å². The second kappa shape index (κ2) is 5.83. The fraction of sp³-hybridized carbons (Fsp3) is 0.412. The second-order valence-electron chi connectivity index (χ2n) is 6.04. The van der Waals surface area contributed by atoms with Crippen LogP contribution in [0.5, 0.6) is 0 Å². The van der Waals surface area contributed by atoms with Gasteiger partial charge in [-0.2, -0.15) is 0 Å². The average molecular weight is 300 g/mol. The van der Waals surface area contributed by atoms with Gasteiger partial charge >= 0.3 is 5.97 Å². The fourth-order valence-electron chi connectivity index (χ4n) is 3.22. The maximum absolute atomic E-state index is 12.1. The molecule has 1 saturated carbocycles. The smallest absolute Gasteiger partial charge is 0.329 e. The van der Waals surface area contributed by atoms with Crippen LogP contribution in [0.3, 0.4) is 0 Å². The van der Waals surface area contributed by atoms with E-state index in [0.29, 0.717) is 25.7 Å². The first-order valence-corrected chi connectivity index (χ1v) is 7.69. The van der Waals surface area contributed by atoms with Crippen LogP contribution in [0.4, 0.5) is 0 Å². The highest BCUT2D eigenvalue weighted by Gasteiger charge is 2.42. The molecule has 0 saturated heterocycles. The van der Waals surface area contributed by atoms with Crippen molar-refractivity contribution in [2.75, 3.05) is 0 Å². The molecule has 0 bridgehead atoms. The van der Waals surface area contributed by atoms with E-state index in [1.165, 1.54) is 0 Å². The minimum Gasteiger partial charge on any atom is -0.480 e. The van der Waals surface area contributed by atoms with Crippen molar-refractivity contribution in [3.8, 4) is 0 Å². The molecule has 22 heavy (non-hydrogen) atoms. The monoisotopic (exact) mass is 300 g/mol. The zero-order valence-electron chi connectivity index (χ0n) is 12.4. The summed E-state index contributed by atoms with van der Waals surface area (Å²) in [4.78, 5) is 26.7. The fourth-order valence-corrected chi connectivity index (χ4v) is 3.22. The van der Waals surface area contributed by atoms with Gasteiger partial charge in [-0.15, -0.1) is 0 Å². The van der Waals surface area contributed by atoms with E-state index in [1.54, 1.807) is 0 Å². The van der Waals surface area contributed by atoms with Crippen molar-refractivity contribution in [3.63, 3.8) is 0 Å². The molecule has 1 aliphatic carbocycles. The molecule has 0 unspecified atom stereocenters. The number of amides is 1. The van der Waals surface area contributed by atoms with E-state index in [4.69, 9.17) is 0 Å². The number of carboxylic acid groups (broad SMARTS) is 1. The number of nitrogens with one attached hydrogen (secondary N) is 2. The molecule has 2 aromatic rings. The molecule has 1 heterocycles. The van der Waals surface area contributed by atoms with Gasteiger partial charge in [0.25, 0.3) is 0 Å². The Morgan fingerprint density at radius 1 is 1.23 bits per heavy atom. The molecule has 116 valence electrons. The predicted octanol–water partition coefficient (Wildman–Crippen LogP) is 2.61. The van der Waals surface area contributed by atoms with Crippen LogP contribution in [0, 0.1) is 0 Å². The van der Waals surface area contributed by atoms with E-state index in [0.717, 1.165) is 29.3 Å². The Labute approximate surface area is 128 Å². The molecule has 0 spiro atoms. The zero-order valence-corrected chi connectivity index (χ0v) is 12.4. The second-order valence-corrected chi connectivity index (χ2v) is 6.04. The molecule has 1 aromatic heterocycles. The molecule has 1 amide bonds. The Kier molecular flexibility index (Phi) is 3.88. The lowest BCUT2D eigenvalue weighted by atomic mass is 9.97. The standard InChI is InChI=1S/C17H20N2O3/c20-15(19-17(16(21)22)8-1-2-9-17)6-4-12-3-5-14-13(11-12)7-10-18-14/h3,5,7,10-11,18H,1-2,4,6,8-9H2,(H,19,20)(H,21,22). The summed E-state index contributed by atoms with van der Waals surface area (Å²) in [5, 5.41) is 13.2. The lowest BCUT2D eigenvalue weighted by Crippen LogP contribution is -2.52. The Bertz CT molecular complexity index is 699. The molecular formula is C17H20N2O3. The van der Waals surface area contributed by atoms with Gasteiger partial charge in [0, 0.05) is 18.1 Å². The van der Waals surface area contributed by atoms with Gasteiger partial charge in [-0.25, -0.2) is 4.79 Å². The summed E-state index contributed by atoms with van der Waals surface area (Å²) in [6.07, 6.45) is 5.59. The number of benzene rings is 1. The number of hydrogen-bond acceptors (Lipinski definition) is 2. The highest BCUT2D eigenvalue weighted by Crippen LogP contribution is 2.30. The van der Waals surface area contributed by atoms with Gasteiger partial charge in [-0.05, 0) is 48.4 Å². The van der Waals surface area contributed by atoms with E-state index in [2.05, 4.69) is 16.4 Å². The number of aryl methyl sites for hydroxylation is 1. The van der Waals surface area contributed by atoms with E-state index < -0.39 is 11.5 Å². The molecule has 0 atom stereocenters. The largest absolute Gasteiger partial charge is 0.480 e. The van der Waals surface area contributed by atoms with Gasteiger partial charge in [0.05, 0.1) is 0 Å². The lowest BCUT2D eigenvalue weighted by Gasteiger charge is -2.25. The first-order valence-electron chi connectivity index (χ1n) is 7.69. The lowest BCUT2D eigenvalue weighted by molar-refractivity contribution is -0.147. The zero-order chi connectivity index (χ0) is 15.6. The molecule has 5 nitrogen and oxygen atoms in total. The molecule has 0 aliphatic heterocycles. The summed E-state index contributed by atoms with van der Waals surface area (Å²) in [5.41, 5.74) is 1.11. The molecule has 1 aliphatic rings. The number of carbonyl (C=O) groups excluding carboxylic acids is 1. The minimum absolute atomic E-state index is 0.182.